The lowest BCUT2D eigenvalue weighted by molar-refractivity contribution is 0.486. The first kappa shape index (κ1) is 16.2. The first-order valence-electron chi connectivity index (χ1n) is 7.52. The smallest absolute Gasteiger partial charge is 0.152 e. The number of benzene rings is 3. The Kier molecular flexibility index (Phi) is 4.49. The normalized spacial score (nSPS) is 10.8. The van der Waals surface area contributed by atoms with Crippen LogP contribution in [0.25, 0.3) is 10.2 Å². The third-order valence-corrected chi connectivity index (χ3v) is 5.07. The van der Waals surface area contributed by atoms with Crippen molar-refractivity contribution in [1.29, 1.82) is 0 Å². The predicted molar refractivity (Wildman–Crippen MR) is 106 cm³/mol. The van der Waals surface area contributed by atoms with E-state index in [9.17, 15) is 0 Å². The van der Waals surface area contributed by atoms with Crippen LogP contribution in [0.3, 0.4) is 0 Å². The van der Waals surface area contributed by atoms with E-state index in [1.165, 1.54) is 0 Å². The molecule has 6 heteroatoms. The molecule has 3 aromatic carbocycles. The minimum Gasteiger partial charge on any atom is -0.454 e. The third-order valence-electron chi connectivity index (χ3n) is 3.63. The number of aromatic nitrogens is 1. The fourth-order valence-corrected chi connectivity index (χ4v) is 3.47. The first-order chi connectivity index (χ1) is 12.2. The zero-order valence-electron chi connectivity index (χ0n) is 12.9. The molecular weight excluding hydrogens is 375 g/mol. The van der Waals surface area contributed by atoms with Gasteiger partial charge in [0, 0.05) is 6.07 Å². The van der Waals surface area contributed by atoms with Gasteiger partial charge < -0.3 is 10.1 Å². The van der Waals surface area contributed by atoms with Crippen molar-refractivity contribution in [2.45, 2.75) is 0 Å². The van der Waals surface area contributed by atoms with Gasteiger partial charge in [0.15, 0.2) is 5.75 Å². The molecule has 0 amide bonds. The molecule has 0 bridgehead atoms. The van der Waals surface area contributed by atoms with Gasteiger partial charge in [-0.15, -0.1) is 11.3 Å². The van der Waals surface area contributed by atoms with Crippen LogP contribution in [0.1, 0.15) is 0 Å². The van der Waals surface area contributed by atoms with Crippen LogP contribution in [0.2, 0.25) is 10.0 Å². The number of para-hydroxylation sites is 2. The average molecular weight is 387 g/mol. The average Bonchev–Trinajstić information content (AvgIpc) is 3.06. The second-order valence-electron chi connectivity index (χ2n) is 5.31. The van der Waals surface area contributed by atoms with Crippen molar-refractivity contribution in [2.75, 3.05) is 5.32 Å². The summed E-state index contributed by atoms with van der Waals surface area (Å²) in [7, 11) is 0. The van der Waals surface area contributed by atoms with Crippen LogP contribution >= 0.6 is 34.5 Å². The highest BCUT2D eigenvalue weighted by atomic mass is 35.5. The molecule has 0 aliphatic rings. The molecule has 1 N–H and O–H groups in total. The van der Waals surface area contributed by atoms with Gasteiger partial charge in [-0.25, -0.2) is 4.98 Å². The highest BCUT2D eigenvalue weighted by Gasteiger charge is 2.12. The number of rotatable bonds is 4. The lowest BCUT2D eigenvalue weighted by Gasteiger charge is -2.15. The maximum absolute atomic E-state index is 6.27. The SMILES string of the molecule is Clc1ccccc1Nc1cc2ncsc2cc1Oc1ccccc1Cl. The van der Waals surface area contributed by atoms with E-state index < -0.39 is 0 Å². The Morgan fingerprint density at radius 3 is 2.40 bits per heavy atom. The summed E-state index contributed by atoms with van der Waals surface area (Å²) in [5.74, 6) is 1.25. The Labute approximate surface area is 158 Å². The summed E-state index contributed by atoms with van der Waals surface area (Å²) < 4.78 is 7.11. The summed E-state index contributed by atoms with van der Waals surface area (Å²) in [6, 6.07) is 18.8. The molecular formula is C19H12Cl2N2OS. The zero-order chi connectivity index (χ0) is 17.2. The van der Waals surface area contributed by atoms with Crippen LogP contribution in [0.5, 0.6) is 11.5 Å². The second-order valence-corrected chi connectivity index (χ2v) is 7.01. The Balaban J connectivity index is 1.78. The van der Waals surface area contributed by atoms with E-state index in [0.29, 0.717) is 21.5 Å². The summed E-state index contributed by atoms with van der Waals surface area (Å²) >= 11 is 14.1. The molecule has 0 aliphatic carbocycles. The van der Waals surface area contributed by atoms with E-state index in [4.69, 9.17) is 27.9 Å². The lowest BCUT2D eigenvalue weighted by Crippen LogP contribution is -1.95. The summed E-state index contributed by atoms with van der Waals surface area (Å²) in [6.07, 6.45) is 0. The maximum Gasteiger partial charge on any atom is 0.152 e. The largest absolute Gasteiger partial charge is 0.454 e. The maximum atomic E-state index is 6.27. The van der Waals surface area contributed by atoms with E-state index in [0.717, 1.165) is 21.6 Å². The van der Waals surface area contributed by atoms with Gasteiger partial charge in [-0.05, 0) is 30.3 Å². The van der Waals surface area contributed by atoms with Gasteiger partial charge in [-0.1, -0.05) is 47.5 Å². The van der Waals surface area contributed by atoms with Gasteiger partial charge >= 0.3 is 0 Å². The zero-order valence-corrected chi connectivity index (χ0v) is 15.2. The molecule has 0 fully saturated rings. The van der Waals surface area contributed by atoms with E-state index in [2.05, 4.69) is 10.3 Å². The Bertz CT molecular complexity index is 967. The number of nitrogens with zero attached hydrogens (tertiary/aromatic N) is 1. The standard InChI is InChI=1S/C19H12Cl2N2OS/c20-12-5-1-3-7-14(12)23-15-9-16-19(25-11-22-16)10-18(15)24-17-8-4-2-6-13(17)21/h1-11,23H. The number of hydrogen-bond donors (Lipinski definition) is 1. The van der Waals surface area contributed by atoms with Crippen LogP contribution < -0.4 is 10.1 Å². The molecule has 1 aromatic heterocycles. The lowest BCUT2D eigenvalue weighted by atomic mass is 10.2. The van der Waals surface area contributed by atoms with Crippen LogP contribution in [-0.2, 0) is 0 Å². The van der Waals surface area contributed by atoms with Gasteiger partial charge in [-0.2, -0.15) is 0 Å². The van der Waals surface area contributed by atoms with Crippen LogP contribution in [-0.4, -0.2) is 4.98 Å². The molecule has 1 heterocycles. The van der Waals surface area contributed by atoms with Crippen molar-refractivity contribution in [3.05, 3.63) is 76.2 Å². The molecule has 4 rings (SSSR count). The van der Waals surface area contributed by atoms with E-state index in [1.807, 2.05) is 60.1 Å². The third kappa shape index (κ3) is 3.42. The summed E-state index contributed by atoms with van der Waals surface area (Å²) in [5.41, 5.74) is 4.27. The Hall–Kier alpha value is -2.27. The molecule has 3 nitrogen and oxygen atoms in total. The molecule has 0 aliphatic heterocycles. The van der Waals surface area contributed by atoms with Crippen molar-refractivity contribution in [2.24, 2.45) is 0 Å². The molecule has 0 saturated heterocycles. The minimum absolute atomic E-state index is 0.551. The quantitative estimate of drug-likeness (QED) is 0.404. The number of fused-ring (bicyclic) bond motifs is 1. The number of hydrogen-bond acceptors (Lipinski definition) is 4. The van der Waals surface area contributed by atoms with Gasteiger partial charge in [0.25, 0.3) is 0 Å². The summed E-state index contributed by atoms with van der Waals surface area (Å²) in [6.45, 7) is 0. The number of halogens is 2. The monoisotopic (exact) mass is 386 g/mol. The molecule has 25 heavy (non-hydrogen) atoms. The number of nitrogens with one attached hydrogen (secondary N) is 1. The molecule has 4 aromatic rings. The molecule has 0 atom stereocenters. The summed E-state index contributed by atoms with van der Waals surface area (Å²) in [4.78, 5) is 4.37. The number of anilines is 2. The van der Waals surface area contributed by atoms with Gasteiger partial charge in [0.1, 0.15) is 5.75 Å². The van der Waals surface area contributed by atoms with Crippen LogP contribution in [0, 0.1) is 0 Å². The Morgan fingerprint density at radius 1 is 0.840 bits per heavy atom. The predicted octanol–water partition coefficient (Wildman–Crippen LogP) is 7.14. The van der Waals surface area contributed by atoms with Crippen molar-refractivity contribution in [3.8, 4) is 11.5 Å². The van der Waals surface area contributed by atoms with Crippen LogP contribution in [0.4, 0.5) is 11.4 Å². The second kappa shape index (κ2) is 6.92. The van der Waals surface area contributed by atoms with Gasteiger partial charge in [0.05, 0.1) is 37.1 Å². The number of thiazole rings is 1. The fourth-order valence-electron chi connectivity index (χ4n) is 2.42. The van der Waals surface area contributed by atoms with Crippen molar-refractivity contribution < 1.29 is 4.74 Å². The molecule has 0 spiro atoms. The van der Waals surface area contributed by atoms with Crippen LogP contribution in [0.15, 0.2) is 66.2 Å². The van der Waals surface area contributed by atoms with Crippen molar-refractivity contribution in [3.63, 3.8) is 0 Å². The molecule has 0 saturated carbocycles. The fraction of sp³-hybridized carbons (Fsp3) is 0. The first-order valence-corrected chi connectivity index (χ1v) is 9.15. The Morgan fingerprint density at radius 2 is 1.60 bits per heavy atom. The topological polar surface area (TPSA) is 34.2 Å². The number of ether oxygens (including phenoxy) is 1. The van der Waals surface area contributed by atoms with Gasteiger partial charge in [-0.3, -0.25) is 0 Å². The minimum atomic E-state index is 0.551. The van der Waals surface area contributed by atoms with Crippen molar-refractivity contribution >= 4 is 56.1 Å². The van der Waals surface area contributed by atoms with E-state index in [-0.39, 0.29) is 0 Å². The van der Waals surface area contributed by atoms with Crippen molar-refractivity contribution in [1.82, 2.24) is 4.98 Å². The van der Waals surface area contributed by atoms with E-state index >= 15 is 0 Å². The molecule has 0 unspecified atom stereocenters. The molecule has 0 radical (unpaired) electrons. The highest BCUT2D eigenvalue weighted by molar-refractivity contribution is 7.16. The van der Waals surface area contributed by atoms with E-state index in [1.54, 1.807) is 17.4 Å². The summed E-state index contributed by atoms with van der Waals surface area (Å²) in [5, 5.41) is 4.51. The van der Waals surface area contributed by atoms with Gasteiger partial charge in [0.2, 0.25) is 0 Å². The highest BCUT2D eigenvalue weighted by Crippen LogP contribution is 2.39. The molecule has 124 valence electrons.